The summed E-state index contributed by atoms with van der Waals surface area (Å²) in [6.07, 6.45) is 0. The van der Waals surface area contributed by atoms with Crippen LogP contribution in [0.2, 0.25) is 0 Å². The summed E-state index contributed by atoms with van der Waals surface area (Å²) in [6.45, 7) is 0. The molecule has 0 spiro atoms. The molecule has 0 saturated heterocycles. The molecule has 9 heteroatoms. The maximum absolute atomic E-state index is 8.88. The first-order chi connectivity index (χ1) is 2.00. The van der Waals surface area contributed by atoms with Crippen LogP contribution in [-0.2, 0) is 4.57 Å². The van der Waals surface area contributed by atoms with Crippen LogP contribution in [0.3, 0.4) is 0 Å². The van der Waals surface area contributed by atoms with E-state index in [1.807, 2.05) is 0 Å². The van der Waals surface area contributed by atoms with Crippen molar-refractivity contribution in [2.75, 3.05) is 0 Å². The summed E-state index contributed by atoms with van der Waals surface area (Å²) in [5, 5.41) is 0. The molecule has 9 heavy (non-hydrogen) atoms. The summed E-state index contributed by atoms with van der Waals surface area (Å²) in [6, 6.07) is 0. The first-order valence-corrected chi connectivity index (χ1v) is 2.35. The molecule has 0 aliphatic heterocycles. The van der Waals surface area contributed by atoms with Crippen LogP contribution in [0.15, 0.2) is 0 Å². The van der Waals surface area contributed by atoms with Crippen molar-refractivity contribution in [3.05, 3.63) is 0 Å². The Kier molecular flexibility index (Phi) is 48.8. The third-order valence-electron chi connectivity index (χ3n) is 0. The molecule has 0 aliphatic rings. The number of halogens is 1. The standard InChI is InChI=1S/2Ca.ClH.K.H3O4P.4H/c;;;;1-5(2,3)4;;;;/h;;1H;;(H3,1,2,3,4);;;;/q2*+2;;+1;;4*-1/p-1. The molecule has 0 fully saturated rings. The van der Waals surface area contributed by atoms with Gasteiger partial charge in [-0.25, -0.2) is 4.57 Å². The van der Waals surface area contributed by atoms with Gasteiger partial charge in [0.15, 0.2) is 0 Å². The number of rotatable bonds is 0. The van der Waals surface area contributed by atoms with E-state index in [9.17, 15) is 0 Å². The fourth-order valence-electron chi connectivity index (χ4n) is 0. The Morgan fingerprint density at radius 3 is 1.11 bits per heavy atom. The van der Waals surface area contributed by atoms with E-state index >= 15 is 0 Å². The monoisotopic (exact) mass is 256 g/mol. The first kappa shape index (κ1) is 29.2. The summed E-state index contributed by atoms with van der Waals surface area (Å²) in [4.78, 5) is 21.6. The predicted octanol–water partition coefficient (Wildman–Crippen LogP) is -7.23. The normalized spacial score (nSPS) is 6.56. The minimum absolute atomic E-state index is 0. The van der Waals surface area contributed by atoms with Gasteiger partial charge >= 0.3 is 135 Å². The van der Waals surface area contributed by atoms with E-state index in [0.717, 1.165) is 0 Å². The second-order valence-corrected chi connectivity index (χ2v) is 1.54. The van der Waals surface area contributed by atoms with Crippen molar-refractivity contribution in [2.24, 2.45) is 0 Å². The van der Waals surface area contributed by atoms with Crippen molar-refractivity contribution in [3.63, 3.8) is 0 Å². The molecule has 0 atom stereocenters. The van der Waals surface area contributed by atoms with Crippen LogP contribution in [-0.4, -0.2) is 90.2 Å². The summed E-state index contributed by atoms with van der Waals surface area (Å²) in [7, 11) is -4.64. The number of phosphoric acid groups is 1. The van der Waals surface area contributed by atoms with Crippen LogP contribution in [0.5, 0.6) is 0 Å². The van der Waals surface area contributed by atoms with Crippen molar-refractivity contribution >= 4 is 83.3 Å². The van der Waals surface area contributed by atoms with E-state index in [2.05, 4.69) is 0 Å². The number of hydrogen-bond donors (Lipinski definition) is 3. The fraction of sp³-hybridized carbons (Fsp3) is 0. The van der Waals surface area contributed by atoms with Gasteiger partial charge in [0.2, 0.25) is 0 Å². The van der Waals surface area contributed by atoms with Gasteiger partial charge in [0.1, 0.15) is 0 Å². The quantitative estimate of drug-likeness (QED) is 0.297. The van der Waals surface area contributed by atoms with Gasteiger partial charge in [-0.15, -0.1) is 0 Å². The SMILES string of the molecule is O=P(O)(O)O.[Ca+2].[Ca+2].[Cl-].[H-].[H-].[H-].[H-].[K+]. The molecule has 48 valence electrons. The summed E-state index contributed by atoms with van der Waals surface area (Å²) in [5.74, 6) is 0. The van der Waals surface area contributed by atoms with Crippen LogP contribution in [0.1, 0.15) is 5.71 Å². The minimum Gasteiger partial charge on any atom is -1.00 e. The molecule has 0 bridgehead atoms. The smallest absolute Gasteiger partial charge is 1.00 e. The van der Waals surface area contributed by atoms with Crippen LogP contribution in [0.4, 0.5) is 0 Å². The van der Waals surface area contributed by atoms with Crippen molar-refractivity contribution in [3.8, 4) is 0 Å². The molecule has 0 aromatic carbocycles. The molecule has 0 saturated carbocycles. The summed E-state index contributed by atoms with van der Waals surface area (Å²) in [5.41, 5.74) is 0. The zero-order valence-corrected chi connectivity index (χ0v) is 14.2. The van der Waals surface area contributed by atoms with Crippen molar-refractivity contribution in [1.82, 2.24) is 0 Å². The Morgan fingerprint density at radius 1 is 1.11 bits per heavy atom. The second kappa shape index (κ2) is 15.0. The van der Waals surface area contributed by atoms with Crippen molar-refractivity contribution in [1.29, 1.82) is 0 Å². The predicted molar refractivity (Wildman–Crippen MR) is 30.2 cm³/mol. The van der Waals surface area contributed by atoms with Crippen LogP contribution in [0, 0.1) is 0 Å². The Hall–Kier alpha value is 4.56. The van der Waals surface area contributed by atoms with Crippen LogP contribution < -0.4 is 63.8 Å². The molecular weight excluding hydrogens is 250 g/mol. The van der Waals surface area contributed by atoms with Gasteiger partial charge in [0, 0.05) is 0 Å². The summed E-state index contributed by atoms with van der Waals surface area (Å²) < 4.78 is 8.88. The number of hydrogen-bond acceptors (Lipinski definition) is 1. The molecule has 4 nitrogen and oxygen atoms in total. The van der Waals surface area contributed by atoms with Crippen LogP contribution >= 0.6 is 7.82 Å². The van der Waals surface area contributed by atoms with Gasteiger partial charge in [-0.05, 0) is 0 Å². The van der Waals surface area contributed by atoms with Gasteiger partial charge in [0.25, 0.3) is 0 Å². The minimum atomic E-state index is -4.64. The Morgan fingerprint density at radius 2 is 1.11 bits per heavy atom. The maximum Gasteiger partial charge on any atom is 2.00 e. The Labute approximate surface area is 168 Å². The second-order valence-electron chi connectivity index (χ2n) is 0.513. The molecule has 3 N–H and O–H groups in total. The van der Waals surface area contributed by atoms with Gasteiger partial charge in [0.05, 0.1) is 0 Å². The molecule has 0 heterocycles. The molecule has 0 radical (unpaired) electrons. The van der Waals surface area contributed by atoms with Gasteiger partial charge in [-0.3, -0.25) is 0 Å². The molecule has 0 aliphatic carbocycles. The Balaban J connectivity index is -0.00000000286. The average molecular weight is 257 g/mol. The van der Waals surface area contributed by atoms with E-state index in [0.29, 0.717) is 0 Å². The molecule has 0 aromatic rings. The van der Waals surface area contributed by atoms with Gasteiger partial charge < -0.3 is 32.8 Å². The molecular formula is H7Ca2ClKO4P. The maximum atomic E-state index is 8.88. The third kappa shape index (κ3) is 67.4. The first-order valence-electron chi connectivity index (χ1n) is 0.783. The van der Waals surface area contributed by atoms with Crippen molar-refractivity contribution in [2.45, 2.75) is 0 Å². The molecule has 0 rings (SSSR count). The zero-order chi connectivity index (χ0) is 4.50. The van der Waals surface area contributed by atoms with E-state index < -0.39 is 7.82 Å². The van der Waals surface area contributed by atoms with E-state index in [1.165, 1.54) is 0 Å². The molecule has 0 unspecified atom stereocenters. The van der Waals surface area contributed by atoms with Gasteiger partial charge in [-0.2, -0.15) is 0 Å². The average Bonchev–Trinajstić information content (AvgIpc) is 0.722. The van der Waals surface area contributed by atoms with E-state index in [4.69, 9.17) is 19.2 Å². The largest absolute Gasteiger partial charge is 2.00 e. The molecule has 0 aromatic heterocycles. The topological polar surface area (TPSA) is 77.8 Å². The van der Waals surface area contributed by atoms with Crippen molar-refractivity contribution < 1.29 is 88.7 Å². The molecule has 0 amide bonds. The Bertz CT molecular complexity index is 76.3. The zero-order valence-electron chi connectivity index (χ0n) is 8.99. The summed E-state index contributed by atoms with van der Waals surface area (Å²) >= 11 is 0. The van der Waals surface area contributed by atoms with E-state index in [1.54, 1.807) is 0 Å². The van der Waals surface area contributed by atoms with Gasteiger partial charge in [-0.1, -0.05) is 0 Å². The van der Waals surface area contributed by atoms with Crippen LogP contribution in [0.25, 0.3) is 0 Å². The van der Waals surface area contributed by atoms with E-state index in [-0.39, 0.29) is 145 Å². The third-order valence-corrected chi connectivity index (χ3v) is 0. The fourth-order valence-corrected chi connectivity index (χ4v) is 0.